The molecule has 0 saturated carbocycles. The van der Waals surface area contributed by atoms with Gasteiger partial charge in [-0.25, -0.2) is 8.42 Å². The fourth-order valence-electron chi connectivity index (χ4n) is 4.05. The fraction of sp³-hybridized carbons (Fsp3) is 0.333. The van der Waals surface area contributed by atoms with Gasteiger partial charge in [0.1, 0.15) is 24.1 Å². The lowest BCUT2D eigenvalue weighted by atomic mass is 10.1. The highest BCUT2D eigenvalue weighted by Crippen LogP contribution is 2.26. The molecule has 0 radical (unpaired) electrons. The topological polar surface area (TPSA) is 96.0 Å². The number of nitrogens with zero attached hydrogens (tertiary/aromatic N) is 2. The van der Waals surface area contributed by atoms with Gasteiger partial charge in [-0.1, -0.05) is 62.7 Å². The van der Waals surface area contributed by atoms with Crippen molar-refractivity contribution >= 4 is 39.1 Å². The molecule has 0 spiro atoms. The van der Waals surface area contributed by atoms with Crippen LogP contribution in [0.1, 0.15) is 32.8 Å². The minimum absolute atomic E-state index is 0.116. The van der Waals surface area contributed by atoms with E-state index < -0.39 is 28.5 Å². The largest absolute Gasteiger partial charge is 0.457 e. The molecule has 0 fully saturated rings. The Hall–Kier alpha value is -3.56. The molecule has 0 saturated heterocycles. The van der Waals surface area contributed by atoms with Crippen LogP contribution in [0.25, 0.3) is 0 Å². The number of para-hydroxylation sites is 1. The Bertz CT molecular complexity index is 1360. The van der Waals surface area contributed by atoms with E-state index in [0.29, 0.717) is 35.2 Å². The van der Waals surface area contributed by atoms with Crippen LogP contribution < -0.4 is 14.4 Å². The first kappa shape index (κ1) is 31.0. The minimum Gasteiger partial charge on any atom is -0.457 e. The van der Waals surface area contributed by atoms with Gasteiger partial charge in [-0.05, 0) is 66.4 Å². The van der Waals surface area contributed by atoms with Gasteiger partial charge in [-0.3, -0.25) is 13.9 Å². The van der Waals surface area contributed by atoms with E-state index in [0.717, 1.165) is 16.1 Å². The molecule has 0 aromatic heterocycles. The van der Waals surface area contributed by atoms with Gasteiger partial charge in [0.2, 0.25) is 21.8 Å². The summed E-state index contributed by atoms with van der Waals surface area (Å²) in [6.45, 7) is 5.90. The Labute approximate surface area is 241 Å². The lowest BCUT2D eigenvalue weighted by Crippen LogP contribution is -2.52. The molecule has 0 heterocycles. The van der Waals surface area contributed by atoms with Crippen molar-refractivity contribution < 1.29 is 22.7 Å². The third-order valence-electron chi connectivity index (χ3n) is 6.12. The van der Waals surface area contributed by atoms with Crippen LogP contribution in [0.5, 0.6) is 11.5 Å². The minimum atomic E-state index is -3.84. The van der Waals surface area contributed by atoms with Crippen molar-refractivity contribution in [3.05, 3.63) is 89.4 Å². The summed E-state index contributed by atoms with van der Waals surface area (Å²) in [5.41, 5.74) is 1.07. The predicted octanol–water partition coefficient (Wildman–Crippen LogP) is 5.48. The molecule has 0 aliphatic carbocycles. The third-order valence-corrected chi connectivity index (χ3v) is 7.51. The molecule has 0 unspecified atom stereocenters. The zero-order valence-corrected chi connectivity index (χ0v) is 24.8. The van der Waals surface area contributed by atoms with Gasteiger partial charge in [-0.2, -0.15) is 0 Å². The smallest absolute Gasteiger partial charge is 0.244 e. The number of sulfonamides is 1. The molecule has 40 heavy (non-hydrogen) atoms. The van der Waals surface area contributed by atoms with Crippen LogP contribution in [-0.4, -0.2) is 50.5 Å². The number of halogens is 1. The number of benzene rings is 3. The Morgan fingerprint density at radius 3 is 2.08 bits per heavy atom. The molecular formula is C30H36ClN3O5S. The maximum absolute atomic E-state index is 13.8. The molecule has 0 bridgehead atoms. The normalized spacial score (nSPS) is 12.1. The molecule has 10 heteroatoms. The summed E-state index contributed by atoms with van der Waals surface area (Å²) in [6, 6.07) is 21.9. The average Bonchev–Trinajstić information content (AvgIpc) is 2.92. The van der Waals surface area contributed by atoms with E-state index in [1.165, 1.54) is 4.90 Å². The number of carbonyl (C=O) groups excluding carboxylic acids is 2. The highest BCUT2D eigenvalue weighted by atomic mass is 35.5. The van der Waals surface area contributed by atoms with Gasteiger partial charge in [0.15, 0.2) is 0 Å². The predicted molar refractivity (Wildman–Crippen MR) is 159 cm³/mol. The fourth-order valence-corrected chi connectivity index (χ4v) is 5.02. The molecule has 0 aliphatic heterocycles. The molecule has 0 aliphatic rings. The van der Waals surface area contributed by atoms with E-state index in [9.17, 15) is 18.0 Å². The molecule has 2 amide bonds. The first-order valence-corrected chi connectivity index (χ1v) is 15.3. The van der Waals surface area contributed by atoms with Crippen LogP contribution in [-0.2, 0) is 26.2 Å². The van der Waals surface area contributed by atoms with Crippen LogP contribution in [0, 0.1) is 5.92 Å². The molecule has 3 aromatic carbocycles. The van der Waals surface area contributed by atoms with E-state index in [-0.39, 0.29) is 18.4 Å². The quantitative estimate of drug-likeness (QED) is 0.287. The molecular weight excluding hydrogens is 550 g/mol. The molecule has 1 N–H and O–H groups in total. The Balaban J connectivity index is 1.88. The monoisotopic (exact) mass is 585 g/mol. The second-order valence-electron chi connectivity index (χ2n) is 9.89. The number of anilines is 1. The van der Waals surface area contributed by atoms with Crippen LogP contribution in [0.4, 0.5) is 5.69 Å². The van der Waals surface area contributed by atoms with E-state index >= 15 is 0 Å². The molecule has 214 valence electrons. The van der Waals surface area contributed by atoms with Gasteiger partial charge in [0.25, 0.3) is 0 Å². The van der Waals surface area contributed by atoms with E-state index in [1.807, 2.05) is 51.1 Å². The van der Waals surface area contributed by atoms with Crippen LogP contribution in [0.2, 0.25) is 5.02 Å². The van der Waals surface area contributed by atoms with Gasteiger partial charge in [0.05, 0.1) is 11.9 Å². The number of rotatable bonds is 13. The zero-order chi connectivity index (χ0) is 29.3. The number of hydrogen-bond acceptors (Lipinski definition) is 5. The lowest BCUT2D eigenvalue weighted by molar-refractivity contribution is -0.140. The Morgan fingerprint density at radius 2 is 1.52 bits per heavy atom. The number of carbonyl (C=O) groups is 2. The van der Waals surface area contributed by atoms with E-state index in [4.69, 9.17) is 16.3 Å². The molecule has 1 atom stereocenters. The highest BCUT2D eigenvalue weighted by molar-refractivity contribution is 7.92. The van der Waals surface area contributed by atoms with E-state index in [1.54, 1.807) is 48.5 Å². The summed E-state index contributed by atoms with van der Waals surface area (Å²) in [5.74, 6) is 0.608. The van der Waals surface area contributed by atoms with Crippen molar-refractivity contribution in [3.8, 4) is 11.5 Å². The van der Waals surface area contributed by atoms with Crippen molar-refractivity contribution in [1.29, 1.82) is 0 Å². The van der Waals surface area contributed by atoms with Gasteiger partial charge >= 0.3 is 0 Å². The lowest BCUT2D eigenvalue weighted by Gasteiger charge is -2.33. The summed E-state index contributed by atoms with van der Waals surface area (Å²) < 4.78 is 32.5. The first-order valence-electron chi connectivity index (χ1n) is 13.1. The summed E-state index contributed by atoms with van der Waals surface area (Å²) in [5, 5.41) is 3.45. The summed E-state index contributed by atoms with van der Waals surface area (Å²) in [4.78, 5) is 28.4. The number of hydrogen-bond donors (Lipinski definition) is 1. The number of ether oxygens (including phenoxy) is 1. The maximum atomic E-state index is 13.8. The zero-order valence-electron chi connectivity index (χ0n) is 23.2. The maximum Gasteiger partial charge on any atom is 0.244 e. The second-order valence-corrected chi connectivity index (χ2v) is 12.2. The number of amides is 2. The standard InChI is InChI=1S/C30H36ClN3O5S/c1-5-28(30(36)32-19-22(2)3)33(20-23-11-13-24(31)14-12-23)29(35)21-34(40(4,37)38)25-15-17-27(18-16-25)39-26-9-7-6-8-10-26/h6-18,22,28H,5,19-21H2,1-4H3,(H,32,36)/t28-/m1/s1. The van der Waals surface area contributed by atoms with Gasteiger partial charge < -0.3 is 15.0 Å². The van der Waals surface area contributed by atoms with Crippen molar-refractivity contribution in [2.45, 2.75) is 39.8 Å². The Morgan fingerprint density at radius 1 is 0.925 bits per heavy atom. The van der Waals surface area contributed by atoms with Gasteiger partial charge in [0, 0.05) is 18.1 Å². The highest BCUT2D eigenvalue weighted by Gasteiger charge is 2.31. The molecule has 3 aromatic rings. The van der Waals surface area contributed by atoms with E-state index in [2.05, 4.69) is 5.32 Å². The summed E-state index contributed by atoms with van der Waals surface area (Å²) in [7, 11) is -3.84. The van der Waals surface area contributed by atoms with Crippen molar-refractivity contribution in [2.75, 3.05) is 23.7 Å². The van der Waals surface area contributed by atoms with Gasteiger partial charge in [-0.15, -0.1) is 0 Å². The average molecular weight is 586 g/mol. The first-order chi connectivity index (χ1) is 19.0. The third kappa shape index (κ3) is 8.99. The van der Waals surface area contributed by atoms with Crippen LogP contribution >= 0.6 is 11.6 Å². The van der Waals surface area contributed by atoms with Crippen molar-refractivity contribution in [1.82, 2.24) is 10.2 Å². The van der Waals surface area contributed by atoms with Crippen molar-refractivity contribution in [3.63, 3.8) is 0 Å². The van der Waals surface area contributed by atoms with Crippen LogP contribution in [0.15, 0.2) is 78.9 Å². The summed E-state index contributed by atoms with van der Waals surface area (Å²) >= 11 is 6.04. The Kier molecular flexibility index (Phi) is 11.0. The second kappa shape index (κ2) is 14.2. The van der Waals surface area contributed by atoms with Crippen LogP contribution in [0.3, 0.4) is 0 Å². The molecule has 8 nitrogen and oxygen atoms in total. The SMILES string of the molecule is CC[C@H](C(=O)NCC(C)C)N(Cc1ccc(Cl)cc1)C(=O)CN(c1ccc(Oc2ccccc2)cc1)S(C)(=O)=O. The van der Waals surface area contributed by atoms with Crippen molar-refractivity contribution in [2.24, 2.45) is 5.92 Å². The number of nitrogens with one attached hydrogen (secondary N) is 1. The summed E-state index contributed by atoms with van der Waals surface area (Å²) in [6.07, 6.45) is 1.40. The molecule has 3 rings (SSSR count).